The van der Waals surface area contributed by atoms with Gasteiger partial charge in [-0.25, -0.2) is 4.79 Å². The fourth-order valence-corrected chi connectivity index (χ4v) is 3.82. The van der Waals surface area contributed by atoms with Crippen molar-refractivity contribution in [3.63, 3.8) is 0 Å². The second kappa shape index (κ2) is 9.40. The lowest BCUT2D eigenvalue weighted by molar-refractivity contribution is 0.109. The van der Waals surface area contributed by atoms with Crippen LogP contribution >= 0.6 is 0 Å². The Morgan fingerprint density at radius 2 is 2.08 bits per heavy atom. The Hall–Kier alpha value is -1.55. The van der Waals surface area contributed by atoms with Gasteiger partial charge in [0.1, 0.15) is 5.75 Å². The van der Waals surface area contributed by atoms with Gasteiger partial charge in [-0.2, -0.15) is 0 Å². The minimum atomic E-state index is -0.331. The van der Waals surface area contributed by atoms with Crippen molar-refractivity contribution in [1.29, 1.82) is 0 Å². The molecule has 1 amide bonds. The van der Waals surface area contributed by atoms with Gasteiger partial charge in [0.05, 0.1) is 0 Å². The number of rotatable bonds is 7. The van der Waals surface area contributed by atoms with Crippen LogP contribution in [-0.2, 0) is 5.41 Å². The molecule has 26 heavy (non-hydrogen) atoms. The van der Waals surface area contributed by atoms with Crippen LogP contribution in [0.4, 0.5) is 4.79 Å². The Balaban J connectivity index is 2.01. The van der Waals surface area contributed by atoms with Crippen molar-refractivity contribution in [2.75, 3.05) is 33.7 Å². The Morgan fingerprint density at radius 1 is 1.31 bits per heavy atom. The van der Waals surface area contributed by atoms with E-state index in [1.54, 1.807) is 14.1 Å². The highest BCUT2D eigenvalue weighted by Crippen LogP contribution is 2.40. The number of hydrogen-bond donors (Lipinski definition) is 0. The van der Waals surface area contributed by atoms with Crippen molar-refractivity contribution in [3.8, 4) is 5.75 Å². The van der Waals surface area contributed by atoms with Crippen LogP contribution in [0.5, 0.6) is 5.75 Å². The second-order valence-electron chi connectivity index (χ2n) is 8.22. The van der Waals surface area contributed by atoms with E-state index in [9.17, 15) is 4.79 Å². The van der Waals surface area contributed by atoms with Crippen LogP contribution in [0.1, 0.15) is 58.4 Å². The van der Waals surface area contributed by atoms with Crippen molar-refractivity contribution in [2.45, 2.75) is 58.3 Å². The molecule has 0 saturated carbocycles. The molecular formula is C22H36N2O2. The van der Waals surface area contributed by atoms with Crippen LogP contribution in [-0.4, -0.2) is 49.6 Å². The topological polar surface area (TPSA) is 32.8 Å². The van der Waals surface area contributed by atoms with Gasteiger partial charge in [-0.1, -0.05) is 52.2 Å². The number of carbonyl (C=O) groups is 1. The van der Waals surface area contributed by atoms with E-state index >= 15 is 0 Å². The molecule has 2 atom stereocenters. The maximum absolute atomic E-state index is 11.8. The summed E-state index contributed by atoms with van der Waals surface area (Å²) in [5, 5.41) is 0. The second-order valence-corrected chi connectivity index (χ2v) is 8.22. The molecule has 1 aromatic carbocycles. The van der Waals surface area contributed by atoms with E-state index in [-0.39, 0.29) is 11.5 Å². The van der Waals surface area contributed by atoms with Gasteiger partial charge in [0.15, 0.2) is 0 Å². The molecule has 1 aliphatic heterocycles. The first-order valence-corrected chi connectivity index (χ1v) is 10.1. The molecule has 4 heteroatoms. The van der Waals surface area contributed by atoms with Gasteiger partial charge in [-0.15, -0.1) is 0 Å². The first-order chi connectivity index (χ1) is 12.4. The van der Waals surface area contributed by atoms with Crippen LogP contribution in [0.15, 0.2) is 24.3 Å². The molecule has 0 spiro atoms. The van der Waals surface area contributed by atoms with E-state index < -0.39 is 0 Å². The number of carbonyl (C=O) groups excluding carboxylic acids is 1. The third kappa shape index (κ3) is 5.23. The predicted molar refractivity (Wildman–Crippen MR) is 108 cm³/mol. The molecule has 4 nitrogen and oxygen atoms in total. The zero-order chi connectivity index (χ0) is 19.2. The Bertz CT molecular complexity index is 587. The maximum atomic E-state index is 11.8. The standard InChI is InChI=1S/C22H36N2O2/c1-6-7-8-9-14-24-15-13-22(3,18(2)17-24)19-11-10-12-20(16-19)26-21(25)23(4)5/h10-12,16,18H,6-9,13-15,17H2,1-5H3/t18-,22-/m0/s1. The van der Waals surface area contributed by atoms with E-state index in [0.29, 0.717) is 11.7 Å². The minimum absolute atomic E-state index is 0.125. The minimum Gasteiger partial charge on any atom is -0.410 e. The number of hydrogen-bond acceptors (Lipinski definition) is 3. The summed E-state index contributed by atoms with van der Waals surface area (Å²) in [6, 6.07) is 8.10. The number of amides is 1. The van der Waals surface area contributed by atoms with Crippen molar-refractivity contribution >= 4 is 6.09 Å². The molecule has 0 radical (unpaired) electrons. The van der Waals surface area contributed by atoms with Crippen molar-refractivity contribution in [3.05, 3.63) is 29.8 Å². The van der Waals surface area contributed by atoms with Gasteiger partial charge in [0, 0.05) is 20.6 Å². The maximum Gasteiger partial charge on any atom is 0.414 e. The largest absolute Gasteiger partial charge is 0.414 e. The molecule has 0 N–H and O–H groups in total. The van der Waals surface area contributed by atoms with Crippen LogP contribution in [0, 0.1) is 5.92 Å². The van der Waals surface area contributed by atoms with Gasteiger partial charge in [-0.3, -0.25) is 0 Å². The zero-order valence-electron chi connectivity index (χ0n) is 17.3. The van der Waals surface area contributed by atoms with Gasteiger partial charge in [-0.05, 0) is 55.0 Å². The fraction of sp³-hybridized carbons (Fsp3) is 0.682. The van der Waals surface area contributed by atoms with E-state index in [2.05, 4.69) is 37.8 Å². The lowest BCUT2D eigenvalue weighted by Crippen LogP contribution is -2.47. The molecule has 146 valence electrons. The van der Waals surface area contributed by atoms with E-state index in [1.807, 2.05) is 12.1 Å². The molecule has 2 rings (SSSR count). The number of benzene rings is 1. The zero-order valence-corrected chi connectivity index (χ0v) is 17.3. The Labute approximate surface area is 159 Å². The molecule has 1 aromatic rings. The SMILES string of the molecule is CCCCCCN1CC[C@](C)(c2cccc(OC(=O)N(C)C)c2)[C@@H](C)C1. The highest BCUT2D eigenvalue weighted by Gasteiger charge is 2.38. The van der Waals surface area contributed by atoms with Gasteiger partial charge in [0.2, 0.25) is 0 Å². The number of unbranched alkanes of at least 4 members (excludes halogenated alkanes) is 3. The lowest BCUT2D eigenvalue weighted by Gasteiger charge is -2.45. The monoisotopic (exact) mass is 360 g/mol. The molecule has 1 heterocycles. The number of ether oxygens (including phenoxy) is 1. The van der Waals surface area contributed by atoms with Crippen molar-refractivity contribution in [1.82, 2.24) is 9.80 Å². The predicted octanol–water partition coefficient (Wildman–Crippen LogP) is 4.93. The lowest BCUT2D eigenvalue weighted by atomic mass is 9.68. The van der Waals surface area contributed by atoms with Crippen LogP contribution in [0.2, 0.25) is 0 Å². The quantitative estimate of drug-likeness (QED) is 0.647. The summed E-state index contributed by atoms with van der Waals surface area (Å²) in [7, 11) is 3.40. The van der Waals surface area contributed by atoms with Crippen molar-refractivity contribution < 1.29 is 9.53 Å². The molecular weight excluding hydrogens is 324 g/mol. The average molecular weight is 361 g/mol. The molecule has 0 unspecified atom stereocenters. The third-order valence-electron chi connectivity index (χ3n) is 5.96. The van der Waals surface area contributed by atoms with Crippen molar-refractivity contribution in [2.24, 2.45) is 5.92 Å². The summed E-state index contributed by atoms with van der Waals surface area (Å²) in [6.07, 6.45) is 6.11. The molecule has 0 aromatic heterocycles. The fourth-order valence-electron chi connectivity index (χ4n) is 3.82. The Morgan fingerprint density at radius 3 is 2.73 bits per heavy atom. The van der Waals surface area contributed by atoms with E-state index in [4.69, 9.17) is 4.74 Å². The molecule has 1 saturated heterocycles. The number of nitrogens with zero attached hydrogens (tertiary/aromatic N) is 2. The summed E-state index contributed by atoms with van der Waals surface area (Å²) in [4.78, 5) is 15.9. The summed E-state index contributed by atoms with van der Waals surface area (Å²) >= 11 is 0. The first-order valence-electron chi connectivity index (χ1n) is 10.1. The normalized spacial score (nSPS) is 23.7. The smallest absolute Gasteiger partial charge is 0.410 e. The third-order valence-corrected chi connectivity index (χ3v) is 5.96. The summed E-state index contributed by atoms with van der Waals surface area (Å²) in [6.45, 7) is 10.5. The average Bonchev–Trinajstić information content (AvgIpc) is 2.62. The molecule has 0 aliphatic carbocycles. The van der Waals surface area contributed by atoms with Gasteiger partial charge < -0.3 is 14.5 Å². The van der Waals surface area contributed by atoms with Gasteiger partial charge in [0.25, 0.3) is 0 Å². The summed E-state index contributed by atoms with van der Waals surface area (Å²) in [5.74, 6) is 1.21. The van der Waals surface area contributed by atoms with Gasteiger partial charge >= 0.3 is 6.09 Å². The Kier molecular flexibility index (Phi) is 7.51. The highest BCUT2D eigenvalue weighted by molar-refractivity contribution is 5.70. The van der Waals surface area contributed by atoms with E-state index in [1.165, 1.54) is 42.7 Å². The molecule has 1 fully saturated rings. The summed E-state index contributed by atoms with van der Waals surface area (Å²) in [5.41, 5.74) is 1.40. The van der Waals surface area contributed by atoms with Crippen LogP contribution in [0.3, 0.4) is 0 Å². The summed E-state index contributed by atoms with van der Waals surface area (Å²) < 4.78 is 5.46. The number of piperidine rings is 1. The van der Waals surface area contributed by atoms with Crippen LogP contribution in [0.25, 0.3) is 0 Å². The number of likely N-dealkylation sites (tertiary alicyclic amines) is 1. The first kappa shape index (κ1) is 20.8. The van der Waals surface area contributed by atoms with Crippen LogP contribution < -0.4 is 4.74 Å². The van der Waals surface area contributed by atoms with E-state index in [0.717, 1.165) is 19.5 Å². The molecule has 1 aliphatic rings. The molecule has 0 bridgehead atoms. The highest BCUT2D eigenvalue weighted by atomic mass is 16.6.